The highest BCUT2D eigenvalue weighted by Crippen LogP contribution is 2.05. The third kappa shape index (κ3) is 3.50. The number of pyridine rings is 1. The maximum atomic E-state index is 12.3. The number of benzene rings is 1. The summed E-state index contributed by atoms with van der Waals surface area (Å²) in [5.74, 6) is 0.615. The molecule has 4 aromatic rings. The van der Waals surface area contributed by atoms with E-state index < -0.39 is 0 Å². The Labute approximate surface area is 155 Å². The molecule has 1 unspecified atom stereocenters. The predicted molar refractivity (Wildman–Crippen MR) is 103 cm³/mol. The molecular weight excluding hydrogens is 342 g/mol. The molecule has 3 aromatic heterocycles. The number of aryl methyl sites for hydroxylation is 1. The summed E-state index contributed by atoms with van der Waals surface area (Å²) >= 11 is 0. The number of aromatic nitrogens is 4. The summed E-state index contributed by atoms with van der Waals surface area (Å²) in [6, 6.07) is 12.6. The van der Waals surface area contributed by atoms with E-state index in [-0.39, 0.29) is 11.1 Å². The van der Waals surface area contributed by atoms with Gasteiger partial charge in [0.25, 0.3) is 11.1 Å². The molecule has 7 heteroatoms. The van der Waals surface area contributed by atoms with Crippen molar-refractivity contribution >= 4 is 16.6 Å². The number of nitrogens with one attached hydrogen (secondary N) is 2. The second-order valence-electron chi connectivity index (χ2n) is 6.86. The van der Waals surface area contributed by atoms with Gasteiger partial charge in [0.2, 0.25) is 0 Å². The molecule has 0 bridgehead atoms. The molecule has 0 saturated carbocycles. The van der Waals surface area contributed by atoms with Crippen LogP contribution in [0.4, 0.5) is 0 Å². The van der Waals surface area contributed by atoms with E-state index in [9.17, 15) is 9.59 Å². The van der Waals surface area contributed by atoms with E-state index in [0.29, 0.717) is 41.2 Å². The first kappa shape index (κ1) is 17.1. The van der Waals surface area contributed by atoms with Crippen LogP contribution in [-0.4, -0.2) is 26.4 Å². The van der Waals surface area contributed by atoms with Gasteiger partial charge in [0.15, 0.2) is 5.82 Å². The summed E-state index contributed by atoms with van der Waals surface area (Å²) in [7, 11) is 1.98. The summed E-state index contributed by atoms with van der Waals surface area (Å²) in [5, 5.41) is 0.582. The lowest BCUT2D eigenvalue weighted by Gasteiger charge is -2.13. The Morgan fingerprint density at radius 2 is 1.89 bits per heavy atom. The molecule has 7 nitrogen and oxygen atoms in total. The van der Waals surface area contributed by atoms with Gasteiger partial charge in [-0.1, -0.05) is 18.2 Å². The number of nitrogens with zero attached hydrogens (tertiary/aromatic N) is 3. The number of fused-ring (bicyclic) bond motifs is 2. The van der Waals surface area contributed by atoms with Gasteiger partial charge in [0.05, 0.1) is 18.0 Å². The van der Waals surface area contributed by atoms with E-state index in [1.54, 1.807) is 22.7 Å². The number of hydrogen-bond donors (Lipinski definition) is 2. The highest BCUT2D eigenvalue weighted by Gasteiger charge is 2.12. The van der Waals surface area contributed by atoms with E-state index in [4.69, 9.17) is 0 Å². The smallest absolute Gasteiger partial charge is 0.258 e. The van der Waals surface area contributed by atoms with E-state index in [2.05, 4.69) is 15.0 Å². The van der Waals surface area contributed by atoms with Crippen molar-refractivity contribution in [2.24, 2.45) is 0 Å². The molecule has 27 heavy (non-hydrogen) atoms. The second kappa shape index (κ2) is 6.77. The zero-order valence-corrected chi connectivity index (χ0v) is 15.2. The van der Waals surface area contributed by atoms with Crippen LogP contribution in [0, 0.1) is 6.92 Å². The fourth-order valence-electron chi connectivity index (χ4n) is 3.22. The van der Waals surface area contributed by atoms with Crippen LogP contribution in [0.3, 0.4) is 0 Å². The maximum Gasteiger partial charge on any atom is 0.258 e. The largest absolute Gasteiger partial charge is 0.326 e. The zero-order valence-electron chi connectivity index (χ0n) is 15.2. The Morgan fingerprint density at radius 3 is 2.74 bits per heavy atom. The van der Waals surface area contributed by atoms with Crippen LogP contribution in [0.5, 0.6) is 0 Å². The molecule has 0 aliphatic rings. The van der Waals surface area contributed by atoms with E-state index in [0.717, 1.165) is 10.5 Å². The van der Waals surface area contributed by atoms with Crippen molar-refractivity contribution in [2.75, 3.05) is 7.05 Å². The molecule has 0 saturated heterocycles. The maximum absolute atomic E-state index is 12.3. The van der Waals surface area contributed by atoms with E-state index in [1.807, 2.05) is 44.3 Å². The van der Waals surface area contributed by atoms with Crippen LogP contribution in [-0.2, 0) is 13.1 Å². The van der Waals surface area contributed by atoms with Crippen molar-refractivity contribution in [3.63, 3.8) is 0 Å². The first-order valence-corrected chi connectivity index (χ1v) is 8.78. The lowest BCUT2D eigenvalue weighted by Crippen LogP contribution is -3.06. The third-order valence-corrected chi connectivity index (χ3v) is 4.47. The van der Waals surface area contributed by atoms with E-state index in [1.165, 1.54) is 0 Å². The normalized spacial score (nSPS) is 12.5. The van der Waals surface area contributed by atoms with E-state index >= 15 is 0 Å². The molecule has 1 atom stereocenters. The van der Waals surface area contributed by atoms with Crippen LogP contribution in [0.1, 0.15) is 17.1 Å². The SMILES string of the molecule is Cc1ccc2nc(C[NH+](C)Cc3nc4ccccc4c(=O)[nH]3)cc(=O)n2c1. The summed E-state index contributed by atoms with van der Waals surface area (Å²) in [6.45, 7) is 3.01. The molecule has 3 heterocycles. The Balaban J connectivity index is 1.58. The molecule has 0 fully saturated rings. The molecule has 136 valence electrons. The summed E-state index contributed by atoms with van der Waals surface area (Å²) < 4.78 is 1.55. The Kier molecular flexibility index (Phi) is 4.29. The lowest BCUT2D eigenvalue weighted by molar-refractivity contribution is -0.908. The minimum absolute atomic E-state index is 0.0938. The van der Waals surface area contributed by atoms with Gasteiger partial charge in [-0.2, -0.15) is 0 Å². The molecule has 0 aliphatic heterocycles. The average Bonchev–Trinajstić information content (AvgIpc) is 2.62. The minimum atomic E-state index is -0.138. The van der Waals surface area contributed by atoms with Crippen LogP contribution in [0.15, 0.2) is 58.3 Å². The van der Waals surface area contributed by atoms with Crippen molar-refractivity contribution in [3.8, 4) is 0 Å². The van der Waals surface area contributed by atoms with Crippen molar-refractivity contribution in [1.29, 1.82) is 0 Å². The number of H-pyrrole nitrogens is 1. The zero-order chi connectivity index (χ0) is 19.0. The Hall–Kier alpha value is -3.32. The first-order chi connectivity index (χ1) is 13.0. The van der Waals surface area contributed by atoms with Crippen molar-refractivity contribution in [1.82, 2.24) is 19.4 Å². The van der Waals surface area contributed by atoms with Gasteiger partial charge in [0.1, 0.15) is 24.4 Å². The fraction of sp³-hybridized carbons (Fsp3) is 0.200. The molecule has 0 radical (unpaired) electrons. The topological polar surface area (TPSA) is 84.6 Å². The van der Waals surface area contributed by atoms with Crippen LogP contribution in [0.2, 0.25) is 0 Å². The quantitative estimate of drug-likeness (QED) is 0.552. The first-order valence-electron chi connectivity index (χ1n) is 8.78. The predicted octanol–water partition coefficient (Wildman–Crippen LogP) is 0.454. The monoisotopic (exact) mass is 362 g/mol. The Morgan fingerprint density at radius 1 is 1.07 bits per heavy atom. The van der Waals surface area contributed by atoms with Crippen molar-refractivity contribution in [3.05, 3.63) is 86.5 Å². The molecule has 0 aliphatic carbocycles. The molecule has 0 amide bonds. The fourth-order valence-corrected chi connectivity index (χ4v) is 3.22. The Bertz CT molecular complexity index is 1260. The number of para-hydroxylation sites is 1. The van der Waals surface area contributed by atoms with Gasteiger partial charge >= 0.3 is 0 Å². The molecule has 1 aromatic carbocycles. The van der Waals surface area contributed by atoms with Gasteiger partial charge in [-0.3, -0.25) is 14.0 Å². The molecule has 0 spiro atoms. The summed E-state index contributed by atoms with van der Waals surface area (Å²) in [5.41, 5.74) is 2.80. The minimum Gasteiger partial charge on any atom is -0.326 e. The lowest BCUT2D eigenvalue weighted by atomic mass is 10.2. The standard InChI is InChI=1S/C20H19N5O2/c1-13-7-8-18-21-14(9-19(26)25(18)10-13)11-24(2)12-17-22-16-6-4-3-5-15(16)20(27)23-17/h3-10H,11-12H2,1-2H3,(H,22,23,27)/p+1. The number of quaternary nitrogens is 1. The highest BCUT2D eigenvalue weighted by atomic mass is 16.1. The van der Waals surface area contributed by atoms with Gasteiger partial charge < -0.3 is 9.88 Å². The average molecular weight is 362 g/mol. The molecule has 4 rings (SSSR count). The van der Waals surface area contributed by atoms with Crippen LogP contribution in [0.25, 0.3) is 16.6 Å². The van der Waals surface area contributed by atoms with Crippen molar-refractivity contribution in [2.45, 2.75) is 20.0 Å². The third-order valence-electron chi connectivity index (χ3n) is 4.47. The van der Waals surface area contributed by atoms with Crippen LogP contribution >= 0.6 is 0 Å². The van der Waals surface area contributed by atoms with Gasteiger partial charge in [0, 0.05) is 12.3 Å². The summed E-state index contributed by atoms with van der Waals surface area (Å²) in [4.78, 5) is 37.5. The van der Waals surface area contributed by atoms with Gasteiger partial charge in [-0.15, -0.1) is 0 Å². The molecular formula is C20H20N5O2+. The highest BCUT2D eigenvalue weighted by molar-refractivity contribution is 5.77. The molecule has 2 N–H and O–H groups in total. The van der Waals surface area contributed by atoms with Crippen LogP contribution < -0.4 is 16.0 Å². The number of rotatable bonds is 4. The number of hydrogen-bond acceptors (Lipinski definition) is 4. The van der Waals surface area contributed by atoms with Gasteiger partial charge in [-0.25, -0.2) is 9.97 Å². The summed E-state index contributed by atoms with van der Waals surface area (Å²) in [6.07, 6.45) is 1.79. The second-order valence-corrected chi connectivity index (χ2v) is 6.86. The number of aromatic amines is 1. The van der Waals surface area contributed by atoms with Crippen molar-refractivity contribution < 1.29 is 4.90 Å². The van der Waals surface area contributed by atoms with Gasteiger partial charge in [-0.05, 0) is 30.7 Å².